The van der Waals surface area contributed by atoms with Gasteiger partial charge in [-0.25, -0.2) is 9.59 Å². The Morgan fingerprint density at radius 3 is 1.79 bits per heavy atom. The fourth-order valence-corrected chi connectivity index (χ4v) is 0.809. The molecule has 4 heteroatoms. The molecule has 0 aliphatic heterocycles. The van der Waals surface area contributed by atoms with E-state index in [1.54, 1.807) is 0 Å². The Bertz CT molecular complexity index is 292. The zero-order valence-electron chi connectivity index (χ0n) is 8.44. The highest BCUT2D eigenvalue weighted by Crippen LogP contribution is 2.25. The molecule has 78 valence electrons. The van der Waals surface area contributed by atoms with Gasteiger partial charge in [-0.1, -0.05) is 26.8 Å². The topological polar surface area (TPSA) is 74.6 Å². The SMILES string of the molecule is CC(C)(C)C(=C\C(=O)O)/C=C/C(=O)O. The monoisotopic (exact) mass is 198 g/mol. The van der Waals surface area contributed by atoms with Crippen LogP contribution in [0.25, 0.3) is 0 Å². The molecule has 0 heterocycles. The third-order valence-corrected chi connectivity index (χ3v) is 1.55. The molecular weight excluding hydrogens is 184 g/mol. The summed E-state index contributed by atoms with van der Waals surface area (Å²) in [5.74, 6) is -2.17. The number of carboxylic acid groups (broad SMARTS) is 2. The minimum absolute atomic E-state index is 0.385. The Morgan fingerprint density at radius 1 is 1.00 bits per heavy atom. The van der Waals surface area contributed by atoms with Gasteiger partial charge in [0.2, 0.25) is 0 Å². The van der Waals surface area contributed by atoms with E-state index < -0.39 is 11.9 Å². The van der Waals surface area contributed by atoms with Gasteiger partial charge in [0.25, 0.3) is 0 Å². The molecule has 0 bridgehead atoms. The van der Waals surface area contributed by atoms with Gasteiger partial charge < -0.3 is 10.2 Å². The molecule has 0 spiro atoms. The summed E-state index contributed by atoms with van der Waals surface area (Å²) in [4.78, 5) is 20.7. The van der Waals surface area contributed by atoms with Crippen LogP contribution in [-0.4, -0.2) is 22.2 Å². The zero-order chi connectivity index (χ0) is 11.4. The van der Waals surface area contributed by atoms with Crippen molar-refractivity contribution in [2.75, 3.05) is 0 Å². The molecule has 0 atom stereocenters. The molecule has 4 nitrogen and oxygen atoms in total. The smallest absolute Gasteiger partial charge is 0.328 e. The lowest BCUT2D eigenvalue weighted by Crippen LogP contribution is -2.10. The van der Waals surface area contributed by atoms with Crippen LogP contribution in [0.4, 0.5) is 0 Å². The third-order valence-electron chi connectivity index (χ3n) is 1.55. The molecular formula is C10H14O4. The van der Waals surface area contributed by atoms with E-state index in [0.29, 0.717) is 5.57 Å². The Kier molecular flexibility index (Phi) is 4.08. The van der Waals surface area contributed by atoms with E-state index in [1.165, 1.54) is 6.08 Å². The number of aliphatic carboxylic acids is 2. The quantitative estimate of drug-likeness (QED) is 0.534. The molecule has 0 radical (unpaired) electrons. The van der Waals surface area contributed by atoms with Crippen LogP contribution in [0.1, 0.15) is 20.8 Å². The highest BCUT2D eigenvalue weighted by molar-refractivity contribution is 5.83. The summed E-state index contributed by atoms with van der Waals surface area (Å²) in [5.41, 5.74) is 0.0806. The summed E-state index contributed by atoms with van der Waals surface area (Å²) in [6, 6.07) is 0. The second-order valence-electron chi connectivity index (χ2n) is 3.86. The maximum atomic E-state index is 10.4. The van der Waals surface area contributed by atoms with Crippen LogP contribution in [0.2, 0.25) is 0 Å². The van der Waals surface area contributed by atoms with Crippen molar-refractivity contribution in [2.45, 2.75) is 20.8 Å². The first kappa shape index (κ1) is 12.4. The van der Waals surface area contributed by atoms with E-state index in [4.69, 9.17) is 10.2 Å². The fraction of sp³-hybridized carbons (Fsp3) is 0.400. The van der Waals surface area contributed by atoms with Gasteiger partial charge in [-0.05, 0) is 11.0 Å². The van der Waals surface area contributed by atoms with Gasteiger partial charge >= 0.3 is 11.9 Å². The van der Waals surface area contributed by atoms with Crippen molar-refractivity contribution in [2.24, 2.45) is 5.41 Å². The number of rotatable bonds is 3. The normalized spacial score (nSPS) is 13.2. The molecule has 0 aromatic carbocycles. The van der Waals surface area contributed by atoms with Crippen molar-refractivity contribution in [1.82, 2.24) is 0 Å². The highest BCUT2D eigenvalue weighted by atomic mass is 16.4. The van der Waals surface area contributed by atoms with Crippen LogP contribution in [0.3, 0.4) is 0 Å². The first-order valence-electron chi connectivity index (χ1n) is 4.09. The molecule has 0 unspecified atom stereocenters. The second kappa shape index (κ2) is 4.60. The van der Waals surface area contributed by atoms with Gasteiger partial charge in [0.15, 0.2) is 0 Å². The standard InChI is InChI=1S/C10H14O4/c1-10(2,3)7(6-9(13)14)4-5-8(11)12/h4-6H,1-3H3,(H,11,12)(H,13,14)/b5-4+,7-6-. The predicted octanol–water partition coefficient (Wildman–Crippen LogP) is 1.68. The van der Waals surface area contributed by atoms with Crippen molar-refractivity contribution in [3.8, 4) is 0 Å². The van der Waals surface area contributed by atoms with E-state index >= 15 is 0 Å². The van der Waals surface area contributed by atoms with Gasteiger partial charge in [-0.15, -0.1) is 0 Å². The van der Waals surface area contributed by atoms with Gasteiger partial charge in [-0.2, -0.15) is 0 Å². The van der Waals surface area contributed by atoms with Crippen molar-refractivity contribution in [3.05, 3.63) is 23.8 Å². The van der Waals surface area contributed by atoms with Crippen molar-refractivity contribution in [3.63, 3.8) is 0 Å². The highest BCUT2D eigenvalue weighted by Gasteiger charge is 2.15. The number of carbonyl (C=O) groups is 2. The van der Waals surface area contributed by atoms with E-state index in [9.17, 15) is 9.59 Å². The average Bonchev–Trinajstić information content (AvgIpc) is 1.94. The first-order chi connectivity index (χ1) is 6.23. The molecule has 0 rings (SSSR count). The summed E-state index contributed by atoms with van der Waals surface area (Å²) in [5, 5.41) is 17.0. The molecule has 0 aliphatic carbocycles. The lowest BCUT2D eigenvalue weighted by Gasteiger charge is -2.19. The van der Waals surface area contributed by atoms with Crippen molar-refractivity contribution in [1.29, 1.82) is 0 Å². The van der Waals surface area contributed by atoms with E-state index in [1.807, 2.05) is 20.8 Å². The van der Waals surface area contributed by atoms with Crippen LogP contribution in [0.5, 0.6) is 0 Å². The van der Waals surface area contributed by atoms with Gasteiger partial charge in [-0.3, -0.25) is 0 Å². The van der Waals surface area contributed by atoms with E-state index in [0.717, 1.165) is 12.2 Å². The predicted molar refractivity (Wildman–Crippen MR) is 51.9 cm³/mol. The molecule has 0 saturated heterocycles. The number of hydrogen-bond acceptors (Lipinski definition) is 2. The van der Waals surface area contributed by atoms with Gasteiger partial charge in [0.1, 0.15) is 0 Å². The van der Waals surface area contributed by atoms with Crippen LogP contribution in [-0.2, 0) is 9.59 Å². The molecule has 0 saturated carbocycles. The van der Waals surface area contributed by atoms with Gasteiger partial charge in [0, 0.05) is 12.2 Å². The number of allylic oxidation sites excluding steroid dienone is 2. The Balaban J connectivity index is 4.94. The lowest BCUT2D eigenvalue weighted by molar-refractivity contribution is -0.132. The summed E-state index contributed by atoms with van der Waals surface area (Å²) >= 11 is 0. The summed E-state index contributed by atoms with van der Waals surface area (Å²) in [6.07, 6.45) is 3.25. The van der Waals surface area contributed by atoms with Crippen LogP contribution >= 0.6 is 0 Å². The number of hydrogen-bond donors (Lipinski definition) is 2. The maximum Gasteiger partial charge on any atom is 0.328 e. The summed E-state index contributed by atoms with van der Waals surface area (Å²) < 4.78 is 0. The molecule has 0 aliphatic rings. The van der Waals surface area contributed by atoms with E-state index in [-0.39, 0.29) is 5.41 Å². The lowest BCUT2D eigenvalue weighted by atomic mass is 9.86. The molecule has 0 aromatic heterocycles. The third kappa shape index (κ3) is 5.13. The molecule has 2 N–H and O–H groups in total. The Hall–Kier alpha value is -1.58. The largest absolute Gasteiger partial charge is 0.478 e. The molecule has 0 amide bonds. The zero-order valence-corrected chi connectivity index (χ0v) is 8.44. The molecule has 0 aromatic rings. The molecule has 14 heavy (non-hydrogen) atoms. The summed E-state index contributed by atoms with van der Waals surface area (Å²) in [6.45, 7) is 5.44. The average molecular weight is 198 g/mol. The second-order valence-corrected chi connectivity index (χ2v) is 3.86. The van der Waals surface area contributed by atoms with Gasteiger partial charge in [0.05, 0.1) is 0 Å². The number of carboxylic acids is 2. The Labute approximate surface area is 82.6 Å². The van der Waals surface area contributed by atoms with Crippen LogP contribution < -0.4 is 0 Å². The van der Waals surface area contributed by atoms with Crippen molar-refractivity contribution >= 4 is 11.9 Å². The van der Waals surface area contributed by atoms with Crippen molar-refractivity contribution < 1.29 is 19.8 Å². The minimum atomic E-state index is -1.09. The Morgan fingerprint density at radius 2 is 1.50 bits per heavy atom. The van der Waals surface area contributed by atoms with Crippen LogP contribution in [0, 0.1) is 5.41 Å². The maximum absolute atomic E-state index is 10.4. The van der Waals surface area contributed by atoms with Crippen LogP contribution in [0.15, 0.2) is 23.8 Å². The fourth-order valence-electron chi connectivity index (χ4n) is 0.809. The molecule has 0 fully saturated rings. The minimum Gasteiger partial charge on any atom is -0.478 e. The summed E-state index contributed by atoms with van der Waals surface area (Å²) in [7, 11) is 0. The first-order valence-corrected chi connectivity index (χ1v) is 4.09. The van der Waals surface area contributed by atoms with E-state index in [2.05, 4.69) is 0 Å².